The molecule has 0 aliphatic carbocycles. The molecule has 0 nitrogen and oxygen atoms in total. The molecular weight excluding hydrogens is 203 g/mol. The summed E-state index contributed by atoms with van der Waals surface area (Å²) in [7, 11) is 0. The van der Waals surface area contributed by atoms with Gasteiger partial charge in [0.15, 0.2) is 0 Å². The van der Waals surface area contributed by atoms with Crippen LogP contribution in [0.3, 0.4) is 0 Å². The molecule has 0 N–H and O–H groups in total. The molecule has 0 aromatic carbocycles. The van der Waals surface area contributed by atoms with Crippen LogP contribution in [0.4, 0.5) is 0 Å². The van der Waals surface area contributed by atoms with Crippen LogP contribution >= 0.6 is 0 Å². The Hall–Kier alpha value is 2.39. The van der Waals surface area contributed by atoms with E-state index in [9.17, 15) is 0 Å². The topological polar surface area (TPSA) is 0 Å². The van der Waals surface area contributed by atoms with Crippen LogP contribution in [0, 0.1) is 0 Å². The molecule has 0 spiro atoms. The van der Waals surface area contributed by atoms with Gasteiger partial charge in [-0.2, -0.15) is 0 Å². The second kappa shape index (κ2) is 18.2. The molecule has 0 unspecified atom stereocenters. The van der Waals surface area contributed by atoms with Crippen molar-refractivity contribution in [3.63, 3.8) is 0 Å². The fourth-order valence-electron chi connectivity index (χ4n) is 0. The van der Waals surface area contributed by atoms with Gasteiger partial charge in [-0.05, 0) is 0 Å². The number of hydrogen-bond donors (Lipinski definition) is 0. The molecule has 4 heteroatoms. The van der Waals surface area contributed by atoms with E-state index >= 15 is 0 Å². The molecular formula is AlBBaSi. The van der Waals surface area contributed by atoms with Crippen LogP contribution in [0.5, 0.6) is 0 Å². The van der Waals surface area contributed by atoms with Crippen LogP contribution in [-0.2, 0) is 0 Å². The molecule has 12 valence electrons. The van der Waals surface area contributed by atoms with Crippen molar-refractivity contribution in [1.82, 2.24) is 0 Å². The van der Waals surface area contributed by atoms with Crippen LogP contribution in [0.1, 0.15) is 0 Å². The Labute approximate surface area is 83.9 Å². The van der Waals surface area contributed by atoms with Gasteiger partial charge in [0.05, 0.1) is 0 Å². The van der Waals surface area contributed by atoms with E-state index in [0.29, 0.717) is 0 Å². The zero-order valence-electron chi connectivity index (χ0n) is 2.36. The summed E-state index contributed by atoms with van der Waals surface area (Å²) in [4.78, 5) is 0. The van der Waals surface area contributed by atoms with Crippen molar-refractivity contribution in [3.8, 4) is 0 Å². The summed E-state index contributed by atoms with van der Waals surface area (Å²) >= 11 is 0. The van der Waals surface area contributed by atoms with Gasteiger partial charge < -0.3 is 0 Å². The third kappa shape index (κ3) is 8.83. The normalized spacial score (nSPS) is 0. The van der Waals surface area contributed by atoms with E-state index in [0.717, 1.165) is 0 Å². The van der Waals surface area contributed by atoms with Gasteiger partial charge in [-0.1, -0.05) is 0 Å². The SMILES string of the molecule is [Al].[B].[Ba].[Si]. The summed E-state index contributed by atoms with van der Waals surface area (Å²) in [5.74, 6) is 0. The summed E-state index contributed by atoms with van der Waals surface area (Å²) in [5.41, 5.74) is 0. The maximum atomic E-state index is 0. The molecule has 0 atom stereocenters. The van der Waals surface area contributed by atoms with Crippen molar-refractivity contribution in [3.05, 3.63) is 0 Å². The van der Waals surface area contributed by atoms with Crippen molar-refractivity contribution in [2.24, 2.45) is 0 Å². The maximum absolute atomic E-state index is 0. The average molecular weight is 203 g/mol. The van der Waals surface area contributed by atoms with E-state index in [1.807, 2.05) is 0 Å². The van der Waals surface area contributed by atoms with Crippen LogP contribution in [-0.4, -0.2) is 85.6 Å². The minimum atomic E-state index is 0. The Morgan fingerprint density at radius 3 is 1.00 bits per heavy atom. The third-order valence-electron chi connectivity index (χ3n) is 0. The Kier molecular flexibility index (Phi) is 148. The number of hydrogen-bond acceptors (Lipinski definition) is 0. The average Bonchev–Trinajstić information content (AvgIpc) is 0. The van der Waals surface area contributed by atoms with Crippen LogP contribution in [0.25, 0.3) is 0 Å². The second-order valence-corrected chi connectivity index (χ2v) is 0. The van der Waals surface area contributed by atoms with Crippen molar-refractivity contribution < 1.29 is 0 Å². The quantitative estimate of drug-likeness (QED) is 0.419. The minimum Gasteiger partial charge on any atom is 0 e. The van der Waals surface area contributed by atoms with E-state index in [2.05, 4.69) is 0 Å². The van der Waals surface area contributed by atoms with Gasteiger partial charge in [0.1, 0.15) is 0 Å². The van der Waals surface area contributed by atoms with Crippen molar-refractivity contribution >= 4 is 85.6 Å². The van der Waals surface area contributed by atoms with Gasteiger partial charge >= 0.3 is 0 Å². The van der Waals surface area contributed by atoms with Crippen LogP contribution < -0.4 is 0 Å². The first-order valence-electron chi connectivity index (χ1n) is 0. The minimum absolute atomic E-state index is 0. The summed E-state index contributed by atoms with van der Waals surface area (Å²) < 4.78 is 0. The van der Waals surface area contributed by atoms with Crippen LogP contribution in [0.15, 0.2) is 0 Å². The van der Waals surface area contributed by atoms with Crippen molar-refractivity contribution in [1.29, 1.82) is 0 Å². The predicted octanol–water partition coefficient (Wildman–Crippen LogP) is -1.52. The van der Waals surface area contributed by atoms with Crippen LogP contribution in [0.2, 0.25) is 0 Å². The molecule has 0 saturated carbocycles. The smallest absolute Gasteiger partial charge is 0 e. The molecule has 12 radical (unpaired) electrons. The summed E-state index contributed by atoms with van der Waals surface area (Å²) in [5, 5.41) is 0. The Balaban J connectivity index is 0. The Morgan fingerprint density at radius 1 is 1.00 bits per heavy atom. The Bertz CT molecular complexity index is 8.00. The van der Waals surface area contributed by atoms with E-state index < -0.39 is 0 Å². The first-order chi connectivity index (χ1) is 0. The fraction of sp³-hybridized carbons (Fsp3) is 0. The molecule has 0 aliphatic heterocycles. The standard InChI is InChI=1S/Al.B.Ba.Si. The fourth-order valence-corrected chi connectivity index (χ4v) is 0. The molecule has 0 rings (SSSR count). The van der Waals surface area contributed by atoms with Crippen molar-refractivity contribution in [2.45, 2.75) is 0 Å². The Morgan fingerprint density at radius 2 is 1.00 bits per heavy atom. The van der Waals surface area contributed by atoms with E-state index in [-0.39, 0.29) is 85.6 Å². The summed E-state index contributed by atoms with van der Waals surface area (Å²) in [6.45, 7) is 0. The summed E-state index contributed by atoms with van der Waals surface area (Å²) in [6.07, 6.45) is 0. The van der Waals surface area contributed by atoms with Gasteiger partial charge in [-0.15, -0.1) is 0 Å². The van der Waals surface area contributed by atoms with Gasteiger partial charge in [0.25, 0.3) is 0 Å². The molecule has 4 heavy (non-hydrogen) atoms. The molecule has 0 aromatic heterocycles. The first-order valence-corrected chi connectivity index (χ1v) is 0. The molecule has 0 aromatic rings. The van der Waals surface area contributed by atoms with Gasteiger partial charge in [0, 0.05) is 85.6 Å². The largest absolute Gasteiger partial charge is 0 e. The second-order valence-electron chi connectivity index (χ2n) is 0. The molecule has 0 heterocycles. The maximum Gasteiger partial charge on any atom is 0 e. The zero-order chi connectivity index (χ0) is 0. The molecule has 0 fully saturated rings. The third-order valence-corrected chi connectivity index (χ3v) is 0. The molecule has 0 saturated heterocycles. The van der Waals surface area contributed by atoms with E-state index in [1.165, 1.54) is 0 Å². The van der Waals surface area contributed by atoms with Crippen molar-refractivity contribution in [2.75, 3.05) is 0 Å². The predicted molar refractivity (Wildman–Crippen MR) is 23.0 cm³/mol. The monoisotopic (exact) mass is 204 g/mol. The number of rotatable bonds is 0. The zero-order valence-corrected chi connectivity index (χ0v) is 8.96. The van der Waals surface area contributed by atoms with Gasteiger partial charge in [-0.25, -0.2) is 0 Å². The first kappa shape index (κ1) is 32.5. The molecule has 0 amide bonds. The van der Waals surface area contributed by atoms with E-state index in [1.54, 1.807) is 0 Å². The van der Waals surface area contributed by atoms with Gasteiger partial charge in [-0.3, -0.25) is 0 Å². The van der Waals surface area contributed by atoms with Gasteiger partial charge in [0.2, 0.25) is 0 Å². The van der Waals surface area contributed by atoms with E-state index in [4.69, 9.17) is 0 Å². The summed E-state index contributed by atoms with van der Waals surface area (Å²) in [6, 6.07) is 0. The molecule has 0 bridgehead atoms. The molecule has 0 aliphatic rings.